The van der Waals surface area contributed by atoms with Gasteiger partial charge in [0.15, 0.2) is 0 Å². The topological polar surface area (TPSA) is 60.9 Å². The van der Waals surface area contributed by atoms with Gasteiger partial charge in [0.1, 0.15) is 0 Å². The third-order valence-electron chi connectivity index (χ3n) is 4.99. The van der Waals surface area contributed by atoms with Crippen LogP contribution < -0.4 is 0 Å². The highest BCUT2D eigenvalue weighted by molar-refractivity contribution is 7.89. The van der Waals surface area contributed by atoms with E-state index in [1.54, 1.807) is 0 Å². The second kappa shape index (κ2) is 7.76. The number of sulfonamides is 1. The van der Waals surface area contributed by atoms with Crippen molar-refractivity contribution >= 4 is 15.9 Å². The fourth-order valence-corrected chi connectivity index (χ4v) is 4.85. The lowest BCUT2D eigenvalue weighted by molar-refractivity contribution is -0.137. The number of likely N-dealkylation sites (tertiary alicyclic amines) is 1. The number of hydrogen-bond acceptors (Lipinski definition) is 4. The van der Waals surface area contributed by atoms with Crippen molar-refractivity contribution in [2.45, 2.75) is 23.9 Å². The highest BCUT2D eigenvalue weighted by atomic mass is 32.2. The Balaban J connectivity index is 1.59. The number of hydrogen-bond donors (Lipinski definition) is 0. The quantitative estimate of drug-likeness (QED) is 0.747. The summed E-state index contributed by atoms with van der Waals surface area (Å²) in [5.74, 6) is 0.153. The maximum absolute atomic E-state index is 12.8. The van der Waals surface area contributed by atoms with E-state index in [-0.39, 0.29) is 23.9 Å². The molecule has 150 valence electrons. The number of alkyl halides is 3. The first kappa shape index (κ1) is 20.1. The summed E-state index contributed by atoms with van der Waals surface area (Å²) in [6.07, 6.45) is -3.12. The molecule has 2 aliphatic heterocycles. The fourth-order valence-electron chi connectivity index (χ4n) is 3.38. The molecule has 0 aliphatic carbocycles. The van der Waals surface area contributed by atoms with Crippen LogP contribution >= 0.6 is 0 Å². The molecule has 0 atom stereocenters. The van der Waals surface area contributed by atoms with Gasteiger partial charge < -0.3 is 4.90 Å². The number of halogens is 3. The summed E-state index contributed by atoms with van der Waals surface area (Å²) in [6, 6.07) is 3.84. The molecule has 0 spiro atoms. The first-order valence-electron chi connectivity index (χ1n) is 8.85. The van der Waals surface area contributed by atoms with Crippen molar-refractivity contribution in [2.24, 2.45) is 0 Å². The minimum Gasteiger partial charge on any atom is -0.341 e. The monoisotopic (exact) mass is 405 g/mol. The molecule has 0 N–H and O–H groups in total. The zero-order valence-electron chi connectivity index (χ0n) is 14.8. The van der Waals surface area contributed by atoms with E-state index in [1.165, 1.54) is 10.4 Å². The zero-order valence-corrected chi connectivity index (χ0v) is 15.6. The number of piperazine rings is 1. The molecule has 10 heteroatoms. The van der Waals surface area contributed by atoms with Crippen molar-refractivity contribution in [1.82, 2.24) is 14.1 Å². The number of carbonyl (C=O) groups excluding carboxylic acids is 1. The second-order valence-corrected chi connectivity index (χ2v) is 8.69. The Kier molecular flexibility index (Phi) is 5.78. The summed E-state index contributed by atoms with van der Waals surface area (Å²) in [4.78, 5) is 15.2. The maximum atomic E-state index is 12.8. The molecule has 1 aromatic rings. The van der Waals surface area contributed by atoms with Gasteiger partial charge in [0.2, 0.25) is 15.9 Å². The Morgan fingerprint density at radius 3 is 2.30 bits per heavy atom. The Labute approximate surface area is 156 Å². The lowest BCUT2D eigenvalue weighted by atomic mass is 10.2. The van der Waals surface area contributed by atoms with E-state index in [0.29, 0.717) is 38.7 Å². The molecule has 1 aromatic carbocycles. The lowest BCUT2D eigenvalue weighted by Crippen LogP contribution is -2.50. The predicted molar refractivity (Wildman–Crippen MR) is 92.5 cm³/mol. The molecule has 27 heavy (non-hydrogen) atoms. The molecule has 2 heterocycles. The molecular formula is C17H22F3N3O3S. The summed E-state index contributed by atoms with van der Waals surface area (Å²) in [6.45, 7) is 3.46. The summed E-state index contributed by atoms with van der Waals surface area (Å²) in [5, 5.41) is 0. The van der Waals surface area contributed by atoms with Gasteiger partial charge in [-0.15, -0.1) is 0 Å². The van der Waals surface area contributed by atoms with E-state index in [2.05, 4.69) is 4.90 Å². The molecule has 2 aliphatic rings. The van der Waals surface area contributed by atoms with E-state index in [0.717, 1.165) is 25.1 Å². The Morgan fingerprint density at radius 1 is 1.00 bits per heavy atom. The van der Waals surface area contributed by atoms with Crippen LogP contribution in [-0.4, -0.2) is 74.2 Å². The van der Waals surface area contributed by atoms with Gasteiger partial charge in [0, 0.05) is 52.2 Å². The second-order valence-electron chi connectivity index (χ2n) is 6.76. The first-order valence-corrected chi connectivity index (χ1v) is 10.3. The van der Waals surface area contributed by atoms with Gasteiger partial charge in [-0.1, -0.05) is 6.07 Å². The van der Waals surface area contributed by atoms with Crippen LogP contribution in [0.2, 0.25) is 0 Å². The molecule has 6 nitrogen and oxygen atoms in total. The summed E-state index contributed by atoms with van der Waals surface area (Å²) < 4.78 is 65.1. The van der Waals surface area contributed by atoms with E-state index in [1.807, 2.05) is 4.90 Å². The van der Waals surface area contributed by atoms with Crippen LogP contribution in [0.4, 0.5) is 13.2 Å². The molecule has 2 saturated heterocycles. The Hall–Kier alpha value is -1.65. The van der Waals surface area contributed by atoms with Crippen LogP contribution in [0.3, 0.4) is 0 Å². The number of rotatable bonds is 5. The van der Waals surface area contributed by atoms with E-state index in [4.69, 9.17) is 0 Å². The van der Waals surface area contributed by atoms with Gasteiger partial charge in [-0.25, -0.2) is 8.42 Å². The first-order chi connectivity index (χ1) is 12.7. The maximum Gasteiger partial charge on any atom is 0.416 e. The number of carbonyl (C=O) groups is 1. The van der Waals surface area contributed by atoms with Crippen molar-refractivity contribution in [1.29, 1.82) is 0 Å². The molecule has 3 rings (SSSR count). The molecule has 0 bridgehead atoms. The minimum absolute atomic E-state index is 0.153. The minimum atomic E-state index is -4.59. The number of benzene rings is 1. The van der Waals surface area contributed by atoms with Crippen LogP contribution in [0.5, 0.6) is 0 Å². The third kappa shape index (κ3) is 4.61. The van der Waals surface area contributed by atoms with Crippen LogP contribution in [0.1, 0.15) is 18.4 Å². The van der Waals surface area contributed by atoms with Crippen molar-refractivity contribution in [3.63, 3.8) is 0 Å². The van der Waals surface area contributed by atoms with E-state index < -0.39 is 21.8 Å². The molecule has 0 radical (unpaired) electrons. The molecule has 1 amide bonds. The Morgan fingerprint density at radius 2 is 1.70 bits per heavy atom. The molecular weight excluding hydrogens is 383 g/mol. The van der Waals surface area contributed by atoms with Crippen molar-refractivity contribution in [2.75, 3.05) is 45.8 Å². The van der Waals surface area contributed by atoms with Gasteiger partial charge in [-0.3, -0.25) is 9.69 Å². The van der Waals surface area contributed by atoms with E-state index in [9.17, 15) is 26.4 Å². The van der Waals surface area contributed by atoms with Crippen LogP contribution in [-0.2, 0) is 21.0 Å². The standard InChI is InChI=1S/C17H22F3N3O3S/c18-17(19,20)14-3-1-4-15(13-14)27(25,26)23-11-8-21(9-12-23)7-10-22-6-2-5-16(22)24/h1,3-4,13H,2,5-12H2. The lowest BCUT2D eigenvalue weighted by Gasteiger charge is -2.34. The van der Waals surface area contributed by atoms with Crippen LogP contribution in [0.15, 0.2) is 29.2 Å². The fraction of sp³-hybridized carbons (Fsp3) is 0.588. The molecule has 0 unspecified atom stereocenters. The normalized spacial score (nSPS) is 20.4. The SMILES string of the molecule is O=C1CCCN1CCN1CCN(S(=O)(=O)c2cccc(C(F)(F)F)c2)CC1. The van der Waals surface area contributed by atoms with Gasteiger partial charge >= 0.3 is 6.18 Å². The van der Waals surface area contributed by atoms with Crippen LogP contribution in [0, 0.1) is 0 Å². The third-order valence-corrected chi connectivity index (χ3v) is 6.88. The molecule has 2 fully saturated rings. The highest BCUT2D eigenvalue weighted by Crippen LogP contribution is 2.31. The largest absolute Gasteiger partial charge is 0.416 e. The summed E-state index contributed by atoms with van der Waals surface area (Å²) in [5.41, 5.74) is -0.975. The average molecular weight is 405 g/mol. The highest BCUT2D eigenvalue weighted by Gasteiger charge is 2.34. The Bertz CT molecular complexity index is 790. The zero-order chi connectivity index (χ0) is 19.7. The van der Waals surface area contributed by atoms with Crippen LogP contribution in [0.25, 0.3) is 0 Å². The van der Waals surface area contributed by atoms with Gasteiger partial charge in [0.25, 0.3) is 0 Å². The number of amides is 1. The summed E-state index contributed by atoms with van der Waals surface area (Å²) in [7, 11) is -3.97. The molecule has 0 aromatic heterocycles. The van der Waals surface area contributed by atoms with E-state index >= 15 is 0 Å². The van der Waals surface area contributed by atoms with Gasteiger partial charge in [0.05, 0.1) is 10.5 Å². The predicted octanol–water partition coefficient (Wildman–Crippen LogP) is 1.63. The van der Waals surface area contributed by atoms with Gasteiger partial charge in [-0.05, 0) is 24.6 Å². The smallest absolute Gasteiger partial charge is 0.341 e. The average Bonchev–Trinajstić information content (AvgIpc) is 3.05. The van der Waals surface area contributed by atoms with Crippen molar-refractivity contribution in [3.8, 4) is 0 Å². The number of nitrogens with zero attached hydrogens (tertiary/aromatic N) is 3. The van der Waals surface area contributed by atoms with Crippen molar-refractivity contribution < 1.29 is 26.4 Å². The molecule has 0 saturated carbocycles. The van der Waals surface area contributed by atoms with Crippen molar-refractivity contribution in [3.05, 3.63) is 29.8 Å². The summed E-state index contributed by atoms with van der Waals surface area (Å²) >= 11 is 0. The van der Waals surface area contributed by atoms with Gasteiger partial charge in [-0.2, -0.15) is 17.5 Å².